The van der Waals surface area contributed by atoms with Crippen molar-refractivity contribution in [2.75, 3.05) is 31.1 Å². The van der Waals surface area contributed by atoms with Gasteiger partial charge in [-0.25, -0.2) is 4.39 Å². The van der Waals surface area contributed by atoms with Gasteiger partial charge in [0.2, 0.25) is 5.91 Å². The van der Waals surface area contributed by atoms with Gasteiger partial charge in [0, 0.05) is 38.0 Å². The first-order valence-electron chi connectivity index (χ1n) is 8.05. The lowest BCUT2D eigenvalue weighted by atomic mass is 10.2. The summed E-state index contributed by atoms with van der Waals surface area (Å²) in [6.45, 7) is 2.64. The zero-order valence-electron chi connectivity index (χ0n) is 12.8. The molecule has 0 unspecified atom stereocenters. The largest absolute Gasteiger partial charge is 0.469 e. The summed E-state index contributed by atoms with van der Waals surface area (Å²) in [4.78, 5) is 16.5. The van der Waals surface area contributed by atoms with Gasteiger partial charge in [-0.15, -0.1) is 0 Å². The second kappa shape index (κ2) is 5.72. The standard InChI is InChI=1S/C18H19FN2O2/c19-15-4-1-2-5-16(15)20-7-9-21(10-8-20)18(22)14-12-13(14)17-6-3-11-23-17/h1-6,11,13-14H,7-10,12H2/t13-,14-/m1/s1. The number of benzene rings is 1. The molecule has 2 heterocycles. The SMILES string of the molecule is O=C([C@@H]1C[C@H]1c1ccco1)N1CCN(c2ccccc2F)CC1. The molecule has 1 saturated heterocycles. The maximum atomic E-state index is 13.8. The van der Waals surface area contributed by atoms with Gasteiger partial charge in [-0.2, -0.15) is 0 Å². The molecule has 0 bridgehead atoms. The van der Waals surface area contributed by atoms with Crippen LogP contribution in [-0.4, -0.2) is 37.0 Å². The van der Waals surface area contributed by atoms with Crippen LogP contribution in [0.3, 0.4) is 0 Å². The van der Waals surface area contributed by atoms with Crippen LogP contribution in [0.4, 0.5) is 10.1 Å². The van der Waals surface area contributed by atoms with Gasteiger partial charge in [-0.05, 0) is 30.7 Å². The highest BCUT2D eigenvalue weighted by Crippen LogP contribution is 2.48. The number of anilines is 1. The van der Waals surface area contributed by atoms with Crippen LogP contribution in [-0.2, 0) is 4.79 Å². The van der Waals surface area contributed by atoms with Crippen molar-refractivity contribution in [3.63, 3.8) is 0 Å². The molecule has 0 radical (unpaired) electrons. The van der Waals surface area contributed by atoms with E-state index in [4.69, 9.17) is 4.42 Å². The minimum absolute atomic E-state index is 0.0566. The lowest BCUT2D eigenvalue weighted by Gasteiger charge is -2.36. The minimum atomic E-state index is -0.202. The average molecular weight is 314 g/mol. The number of hydrogen-bond acceptors (Lipinski definition) is 3. The summed E-state index contributed by atoms with van der Waals surface area (Å²) in [5.41, 5.74) is 0.625. The van der Waals surface area contributed by atoms with E-state index in [9.17, 15) is 9.18 Å². The molecule has 23 heavy (non-hydrogen) atoms. The number of furan rings is 1. The fraction of sp³-hybridized carbons (Fsp3) is 0.389. The number of hydrogen-bond donors (Lipinski definition) is 0. The van der Waals surface area contributed by atoms with Crippen molar-refractivity contribution in [3.05, 3.63) is 54.2 Å². The second-order valence-corrected chi connectivity index (χ2v) is 6.23. The molecular formula is C18H19FN2O2. The summed E-state index contributed by atoms with van der Waals surface area (Å²) in [6.07, 6.45) is 2.53. The van der Waals surface area contributed by atoms with E-state index < -0.39 is 0 Å². The lowest BCUT2D eigenvalue weighted by molar-refractivity contribution is -0.133. The second-order valence-electron chi connectivity index (χ2n) is 6.23. The first-order valence-corrected chi connectivity index (χ1v) is 8.05. The highest BCUT2D eigenvalue weighted by molar-refractivity contribution is 5.83. The summed E-state index contributed by atoms with van der Waals surface area (Å²) in [5.74, 6) is 1.21. The smallest absolute Gasteiger partial charge is 0.226 e. The van der Waals surface area contributed by atoms with E-state index in [1.165, 1.54) is 6.07 Å². The molecule has 0 N–H and O–H groups in total. The van der Waals surface area contributed by atoms with Crippen molar-refractivity contribution in [1.29, 1.82) is 0 Å². The molecule has 2 aliphatic rings. The fourth-order valence-corrected chi connectivity index (χ4v) is 3.40. The Kier molecular flexibility index (Phi) is 3.56. The summed E-state index contributed by atoms with van der Waals surface area (Å²) < 4.78 is 19.2. The Hall–Kier alpha value is -2.30. The van der Waals surface area contributed by atoms with Crippen LogP contribution < -0.4 is 4.90 Å². The van der Waals surface area contributed by atoms with Crippen LogP contribution in [0.2, 0.25) is 0 Å². The molecule has 5 heteroatoms. The number of carbonyl (C=O) groups is 1. The number of rotatable bonds is 3. The van der Waals surface area contributed by atoms with Gasteiger partial charge < -0.3 is 14.2 Å². The normalized spacial score (nSPS) is 23.9. The highest BCUT2D eigenvalue weighted by atomic mass is 19.1. The Morgan fingerprint density at radius 2 is 1.87 bits per heavy atom. The van der Waals surface area contributed by atoms with Gasteiger partial charge in [-0.1, -0.05) is 12.1 Å². The molecule has 1 saturated carbocycles. The van der Waals surface area contributed by atoms with Crippen molar-refractivity contribution < 1.29 is 13.6 Å². The van der Waals surface area contributed by atoms with E-state index in [0.29, 0.717) is 31.9 Å². The molecule has 1 aliphatic heterocycles. The summed E-state index contributed by atoms with van der Waals surface area (Å²) in [5, 5.41) is 0. The van der Waals surface area contributed by atoms with Crippen molar-refractivity contribution in [2.45, 2.75) is 12.3 Å². The molecule has 120 valence electrons. The third kappa shape index (κ3) is 2.71. The van der Waals surface area contributed by atoms with Crippen LogP contribution in [0.25, 0.3) is 0 Å². The third-order valence-electron chi connectivity index (χ3n) is 4.80. The Bertz CT molecular complexity index is 693. The van der Waals surface area contributed by atoms with Crippen LogP contribution in [0.1, 0.15) is 18.1 Å². The number of amides is 1. The summed E-state index contributed by atoms with van der Waals surface area (Å²) in [7, 11) is 0. The molecule has 1 aromatic carbocycles. The molecule has 2 fully saturated rings. The van der Waals surface area contributed by atoms with Gasteiger partial charge in [0.25, 0.3) is 0 Å². The van der Waals surface area contributed by atoms with E-state index in [1.807, 2.05) is 28.0 Å². The monoisotopic (exact) mass is 314 g/mol. The topological polar surface area (TPSA) is 36.7 Å². The van der Waals surface area contributed by atoms with E-state index in [2.05, 4.69) is 0 Å². The van der Waals surface area contributed by atoms with Gasteiger partial charge >= 0.3 is 0 Å². The molecular weight excluding hydrogens is 295 g/mol. The van der Waals surface area contributed by atoms with Crippen LogP contribution in [0.5, 0.6) is 0 Å². The van der Waals surface area contributed by atoms with Crippen LogP contribution in [0, 0.1) is 11.7 Å². The molecule has 1 aliphatic carbocycles. The zero-order chi connectivity index (χ0) is 15.8. The van der Waals surface area contributed by atoms with Crippen LogP contribution >= 0.6 is 0 Å². The minimum Gasteiger partial charge on any atom is -0.469 e. The van der Waals surface area contributed by atoms with E-state index in [0.717, 1.165) is 12.2 Å². The average Bonchev–Trinajstić information content (AvgIpc) is 3.20. The predicted octanol–water partition coefficient (Wildman–Crippen LogP) is 2.87. The third-order valence-corrected chi connectivity index (χ3v) is 4.80. The van der Waals surface area contributed by atoms with Crippen molar-refractivity contribution in [1.82, 2.24) is 4.90 Å². The number of halogens is 1. The Morgan fingerprint density at radius 1 is 1.09 bits per heavy atom. The number of carbonyl (C=O) groups excluding carboxylic acids is 1. The molecule has 1 aromatic heterocycles. The first-order chi connectivity index (χ1) is 11.2. The van der Waals surface area contributed by atoms with Crippen LogP contribution in [0.15, 0.2) is 47.1 Å². The number of nitrogens with zero attached hydrogens (tertiary/aromatic N) is 2. The maximum Gasteiger partial charge on any atom is 0.226 e. The summed E-state index contributed by atoms with van der Waals surface area (Å²) >= 11 is 0. The fourth-order valence-electron chi connectivity index (χ4n) is 3.40. The van der Waals surface area contributed by atoms with Gasteiger partial charge in [-0.3, -0.25) is 4.79 Å². The van der Waals surface area contributed by atoms with E-state index in [1.54, 1.807) is 18.4 Å². The Balaban J connectivity index is 1.35. The quantitative estimate of drug-likeness (QED) is 0.874. The predicted molar refractivity (Wildman–Crippen MR) is 84.7 cm³/mol. The number of piperazine rings is 1. The molecule has 2 atom stereocenters. The molecule has 4 rings (SSSR count). The lowest BCUT2D eigenvalue weighted by Crippen LogP contribution is -2.49. The van der Waals surface area contributed by atoms with E-state index in [-0.39, 0.29) is 23.6 Å². The molecule has 1 amide bonds. The first kappa shape index (κ1) is 14.3. The number of para-hydroxylation sites is 1. The van der Waals surface area contributed by atoms with Gasteiger partial charge in [0.05, 0.1) is 12.0 Å². The van der Waals surface area contributed by atoms with Gasteiger partial charge in [0.1, 0.15) is 11.6 Å². The Labute approximate surface area is 134 Å². The molecule has 4 nitrogen and oxygen atoms in total. The molecule has 0 spiro atoms. The van der Waals surface area contributed by atoms with Crippen molar-refractivity contribution in [3.8, 4) is 0 Å². The highest BCUT2D eigenvalue weighted by Gasteiger charge is 2.47. The Morgan fingerprint density at radius 3 is 2.57 bits per heavy atom. The zero-order valence-corrected chi connectivity index (χ0v) is 12.8. The molecule has 2 aromatic rings. The van der Waals surface area contributed by atoms with E-state index >= 15 is 0 Å². The van der Waals surface area contributed by atoms with Gasteiger partial charge in [0.15, 0.2) is 0 Å². The van der Waals surface area contributed by atoms with Crippen molar-refractivity contribution >= 4 is 11.6 Å². The summed E-state index contributed by atoms with van der Waals surface area (Å²) in [6, 6.07) is 10.6. The van der Waals surface area contributed by atoms with Crippen molar-refractivity contribution in [2.24, 2.45) is 5.92 Å². The maximum absolute atomic E-state index is 13.8.